The average molecular weight is 183 g/mol. The topological polar surface area (TPSA) is 21.3 Å². The van der Waals surface area contributed by atoms with Gasteiger partial charge < -0.3 is 10.1 Å². The molecular weight excluding hydrogens is 162 g/mol. The van der Waals surface area contributed by atoms with Crippen LogP contribution in [0, 0.1) is 5.92 Å². The lowest BCUT2D eigenvalue weighted by atomic mass is 9.95. The molecule has 0 bridgehead atoms. The molecule has 0 amide bonds. The normalized spacial score (nSPS) is 18.8. The largest absolute Gasteiger partial charge is 0.377 e. The van der Waals surface area contributed by atoms with Crippen molar-refractivity contribution in [2.24, 2.45) is 5.92 Å². The third kappa shape index (κ3) is 5.06. The first-order valence-corrected chi connectivity index (χ1v) is 5.22. The summed E-state index contributed by atoms with van der Waals surface area (Å²) in [4.78, 5) is 0. The zero-order valence-electron chi connectivity index (χ0n) is 8.64. The summed E-state index contributed by atoms with van der Waals surface area (Å²) in [5, 5.41) is 3.37. The highest BCUT2D eigenvalue weighted by atomic mass is 16.5. The number of hydrogen-bond donors (Lipinski definition) is 1. The molecule has 2 nitrogen and oxygen atoms in total. The molecule has 0 aliphatic carbocycles. The molecule has 1 saturated heterocycles. The van der Waals surface area contributed by atoms with E-state index in [1.165, 1.54) is 32.4 Å². The lowest BCUT2D eigenvalue weighted by molar-refractivity contribution is 0.134. The lowest BCUT2D eigenvalue weighted by Crippen LogP contribution is -2.28. The Balaban J connectivity index is 1.95. The fourth-order valence-corrected chi connectivity index (χ4v) is 1.67. The van der Waals surface area contributed by atoms with Crippen molar-refractivity contribution in [2.75, 3.05) is 26.3 Å². The molecule has 0 aromatic heterocycles. The van der Waals surface area contributed by atoms with Gasteiger partial charge in [0.25, 0.3) is 0 Å². The van der Waals surface area contributed by atoms with Crippen molar-refractivity contribution in [2.45, 2.75) is 26.2 Å². The van der Waals surface area contributed by atoms with Gasteiger partial charge in [-0.1, -0.05) is 12.2 Å². The summed E-state index contributed by atoms with van der Waals surface area (Å²) in [6, 6.07) is 0. The minimum Gasteiger partial charge on any atom is -0.377 e. The van der Waals surface area contributed by atoms with Gasteiger partial charge in [-0.05, 0) is 45.2 Å². The number of nitrogens with one attached hydrogen (secondary N) is 1. The first-order valence-electron chi connectivity index (χ1n) is 5.22. The van der Waals surface area contributed by atoms with Gasteiger partial charge in [0, 0.05) is 6.61 Å². The quantitative estimate of drug-likeness (QED) is 0.520. The van der Waals surface area contributed by atoms with E-state index in [0.717, 1.165) is 24.7 Å². The Hall–Kier alpha value is -0.340. The zero-order valence-corrected chi connectivity index (χ0v) is 8.64. The Morgan fingerprint density at radius 3 is 2.77 bits per heavy atom. The highest BCUT2D eigenvalue weighted by Gasteiger charge is 2.11. The molecule has 0 aromatic rings. The first-order chi connectivity index (χ1) is 6.29. The summed E-state index contributed by atoms with van der Waals surface area (Å²) in [7, 11) is 0. The summed E-state index contributed by atoms with van der Waals surface area (Å²) in [6.45, 7) is 9.81. The van der Waals surface area contributed by atoms with Gasteiger partial charge >= 0.3 is 0 Å². The van der Waals surface area contributed by atoms with E-state index in [-0.39, 0.29) is 0 Å². The number of rotatable bonds is 5. The third-order valence-electron chi connectivity index (χ3n) is 2.48. The van der Waals surface area contributed by atoms with E-state index in [0.29, 0.717) is 0 Å². The molecule has 0 spiro atoms. The molecule has 0 saturated carbocycles. The minimum absolute atomic E-state index is 0.727. The summed E-state index contributed by atoms with van der Waals surface area (Å²) in [5.74, 6) is 0.881. The van der Waals surface area contributed by atoms with Gasteiger partial charge in [-0.15, -0.1) is 0 Å². The molecule has 0 atom stereocenters. The van der Waals surface area contributed by atoms with Crippen LogP contribution in [-0.2, 0) is 4.74 Å². The summed E-state index contributed by atoms with van der Waals surface area (Å²) in [5.41, 5.74) is 1.12. The van der Waals surface area contributed by atoms with Crippen LogP contribution in [0.1, 0.15) is 26.2 Å². The Bertz CT molecular complexity index is 150. The van der Waals surface area contributed by atoms with E-state index in [1.807, 2.05) is 6.92 Å². The summed E-state index contributed by atoms with van der Waals surface area (Å²) < 4.78 is 5.48. The van der Waals surface area contributed by atoms with E-state index in [2.05, 4.69) is 11.9 Å². The van der Waals surface area contributed by atoms with E-state index in [9.17, 15) is 0 Å². The van der Waals surface area contributed by atoms with Crippen LogP contribution in [0.2, 0.25) is 0 Å². The van der Waals surface area contributed by atoms with Crippen molar-refractivity contribution < 1.29 is 4.74 Å². The van der Waals surface area contributed by atoms with Gasteiger partial charge in [-0.3, -0.25) is 0 Å². The fourth-order valence-electron chi connectivity index (χ4n) is 1.67. The summed E-state index contributed by atoms with van der Waals surface area (Å²) in [6.07, 6.45) is 3.85. The molecule has 0 aromatic carbocycles. The second-order valence-corrected chi connectivity index (χ2v) is 3.99. The van der Waals surface area contributed by atoms with Crippen molar-refractivity contribution >= 4 is 0 Å². The van der Waals surface area contributed by atoms with Crippen LogP contribution in [0.25, 0.3) is 0 Å². The molecule has 1 aliphatic heterocycles. The van der Waals surface area contributed by atoms with Crippen molar-refractivity contribution in [1.29, 1.82) is 0 Å². The predicted molar refractivity (Wildman–Crippen MR) is 55.8 cm³/mol. The van der Waals surface area contributed by atoms with Crippen LogP contribution >= 0.6 is 0 Å². The highest BCUT2D eigenvalue weighted by Crippen LogP contribution is 2.15. The average Bonchev–Trinajstić information content (AvgIpc) is 2.14. The molecule has 1 aliphatic rings. The molecular formula is C11H21NO. The lowest BCUT2D eigenvalue weighted by Gasteiger charge is -2.22. The maximum Gasteiger partial charge on any atom is 0.0671 e. The number of ether oxygens (including phenoxy) is 1. The van der Waals surface area contributed by atoms with Gasteiger partial charge in [0.05, 0.1) is 6.61 Å². The van der Waals surface area contributed by atoms with Gasteiger partial charge in [0.15, 0.2) is 0 Å². The van der Waals surface area contributed by atoms with Gasteiger partial charge in [-0.25, -0.2) is 0 Å². The maximum atomic E-state index is 5.48. The van der Waals surface area contributed by atoms with Crippen molar-refractivity contribution in [3.63, 3.8) is 0 Å². The van der Waals surface area contributed by atoms with Crippen LogP contribution in [-0.4, -0.2) is 26.3 Å². The Morgan fingerprint density at radius 2 is 2.15 bits per heavy atom. The summed E-state index contributed by atoms with van der Waals surface area (Å²) >= 11 is 0. The predicted octanol–water partition coefficient (Wildman–Crippen LogP) is 1.97. The smallest absolute Gasteiger partial charge is 0.0671 e. The Kier molecular flexibility index (Phi) is 5.09. The van der Waals surface area contributed by atoms with Gasteiger partial charge in [0.2, 0.25) is 0 Å². The van der Waals surface area contributed by atoms with Crippen molar-refractivity contribution in [3.05, 3.63) is 12.2 Å². The minimum atomic E-state index is 0.727. The highest BCUT2D eigenvalue weighted by molar-refractivity contribution is 4.87. The molecule has 1 rings (SSSR count). The van der Waals surface area contributed by atoms with E-state index >= 15 is 0 Å². The van der Waals surface area contributed by atoms with Crippen LogP contribution in [0.4, 0.5) is 0 Å². The van der Waals surface area contributed by atoms with Crippen LogP contribution in [0.15, 0.2) is 12.2 Å². The molecule has 1 N–H and O–H groups in total. The van der Waals surface area contributed by atoms with Crippen molar-refractivity contribution in [3.8, 4) is 0 Å². The Labute approximate surface area is 81.4 Å². The standard InChI is InChI=1S/C11H21NO/c1-10(2)9-13-8-5-11-3-6-12-7-4-11/h11-12H,1,3-9H2,2H3. The maximum absolute atomic E-state index is 5.48. The monoisotopic (exact) mass is 183 g/mol. The second-order valence-electron chi connectivity index (χ2n) is 3.99. The van der Waals surface area contributed by atoms with Gasteiger partial charge in [0.1, 0.15) is 0 Å². The van der Waals surface area contributed by atoms with E-state index in [1.54, 1.807) is 0 Å². The SMILES string of the molecule is C=C(C)COCCC1CCNCC1. The molecule has 1 heterocycles. The molecule has 0 unspecified atom stereocenters. The fraction of sp³-hybridized carbons (Fsp3) is 0.818. The molecule has 76 valence electrons. The second kappa shape index (κ2) is 6.17. The molecule has 2 heteroatoms. The molecule has 13 heavy (non-hydrogen) atoms. The van der Waals surface area contributed by atoms with Crippen molar-refractivity contribution in [1.82, 2.24) is 5.32 Å². The van der Waals surface area contributed by atoms with Crippen LogP contribution < -0.4 is 5.32 Å². The van der Waals surface area contributed by atoms with E-state index in [4.69, 9.17) is 4.74 Å². The van der Waals surface area contributed by atoms with Gasteiger partial charge in [-0.2, -0.15) is 0 Å². The zero-order chi connectivity index (χ0) is 9.52. The van der Waals surface area contributed by atoms with Crippen LogP contribution in [0.3, 0.4) is 0 Å². The number of hydrogen-bond acceptors (Lipinski definition) is 2. The Morgan fingerprint density at radius 1 is 1.46 bits per heavy atom. The first kappa shape index (κ1) is 10.7. The molecule has 1 fully saturated rings. The van der Waals surface area contributed by atoms with Crippen LogP contribution in [0.5, 0.6) is 0 Å². The molecule has 0 radical (unpaired) electrons. The number of piperidine rings is 1. The third-order valence-corrected chi connectivity index (χ3v) is 2.48. The van der Waals surface area contributed by atoms with E-state index < -0.39 is 0 Å².